The maximum Gasteiger partial charge on any atom is 0.573 e. The van der Waals surface area contributed by atoms with Crippen LogP contribution in [0.2, 0.25) is 0 Å². The Labute approximate surface area is 199 Å². The molecule has 4 rings (SSSR count). The topological polar surface area (TPSA) is 66.2 Å². The van der Waals surface area contributed by atoms with Gasteiger partial charge in [-0.05, 0) is 41.5 Å². The van der Waals surface area contributed by atoms with Crippen molar-refractivity contribution >= 4 is 5.97 Å². The molecule has 0 aliphatic rings. The highest BCUT2D eigenvalue weighted by Crippen LogP contribution is 2.24. The molecule has 0 saturated carbocycles. The first-order valence-corrected chi connectivity index (χ1v) is 10.5. The molecular weight excluding hydrogens is 459 g/mol. The summed E-state index contributed by atoms with van der Waals surface area (Å²) >= 11 is 0. The van der Waals surface area contributed by atoms with Gasteiger partial charge in [0.15, 0.2) is 5.82 Å². The predicted octanol–water partition coefficient (Wildman–Crippen LogP) is 5.85. The summed E-state index contributed by atoms with van der Waals surface area (Å²) in [6, 6.07) is 21.8. The third kappa shape index (κ3) is 6.35. The largest absolute Gasteiger partial charge is 0.573 e. The maximum absolute atomic E-state index is 12.4. The van der Waals surface area contributed by atoms with Crippen molar-refractivity contribution in [3.8, 4) is 22.8 Å². The molecule has 0 aliphatic heterocycles. The second kappa shape index (κ2) is 10.3. The first kappa shape index (κ1) is 23.7. The fraction of sp³-hybridized carbons (Fsp3) is 0.115. The molecule has 0 bridgehead atoms. The molecule has 0 radical (unpaired) electrons. The van der Waals surface area contributed by atoms with Gasteiger partial charge in [-0.1, -0.05) is 61.2 Å². The lowest BCUT2D eigenvalue weighted by Crippen LogP contribution is -2.17. The van der Waals surface area contributed by atoms with E-state index in [4.69, 9.17) is 4.74 Å². The number of rotatable bonds is 8. The van der Waals surface area contributed by atoms with Crippen LogP contribution in [0.3, 0.4) is 0 Å². The molecule has 1 heterocycles. The van der Waals surface area contributed by atoms with Crippen LogP contribution in [0.15, 0.2) is 97.8 Å². The fourth-order valence-electron chi connectivity index (χ4n) is 3.34. The highest BCUT2D eigenvalue weighted by atomic mass is 19.4. The van der Waals surface area contributed by atoms with Gasteiger partial charge >= 0.3 is 12.3 Å². The van der Waals surface area contributed by atoms with Crippen molar-refractivity contribution in [3.63, 3.8) is 0 Å². The summed E-state index contributed by atoms with van der Waals surface area (Å²) in [5.41, 5.74) is 2.84. The summed E-state index contributed by atoms with van der Waals surface area (Å²) in [6.45, 7) is 3.74. The number of nitrogens with zero attached hydrogens (tertiary/aromatic N) is 3. The van der Waals surface area contributed by atoms with Crippen molar-refractivity contribution in [2.45, 2.75) is 18.9 Å². The van der Waals surface area contributed by atoms with E-state index >= 15 is 0 Å². The molecule has 35 heavy (non-hydrogen) atoms. The van der Waals surface area contributed by atoms with Gasteiger partial charge in [-0.25, -0.2) is 9.67 Å². The average molecular weight is 479 g/mol. The molecule has 9 heteroatoms. The smallest absolute Gasteiger partial charge is 0.453 e. The number of hydrogen-bond donors (Lipinski definition) is 0. The van der Waals surface area contributed by atoms with E-state index in [2.05, 4.69) is 21.4 Å². The average Bonchev–Trinajstić information content (AvgIpc) is 3.33. The van der Waals surface area contributed by atoms with Crippen LogP contribution < -0.4 is 4.74 Å². The molecule has 0 N–H and O–H groups in total. The predicted molar refractivity (Wildman–Crippen MR) is 123 cm³/mol. The second-order valence-electron chi connectivity index (χ2n) is 7.48. The Morgan fingerprint density at radius 2 is 1.69 bits per heavy atom. The van der Waals surface area contributed by atoms with Gasteiger partial charge < -0.3 is 9.47 Å². The van der Waals surface area contributed by atoms with Crippen molar-refractivity contribution in [2.75, 3.05) is 0 Å². The first-order chi connectivity index (χ1) is 16.8. The van der Waals surface area contributed by atoms with Crippen LogP contribution in [0.1, 0.15) is 17.2 Å². The minimum atomic E-state index is -4.75. The molecule has 0 saturated heterocycles. The van der Waals surface area contributed by atoms with E-state index < -0.39 is 12.5 Å². The second-order valence-corrected chi connectivity index (χ2v) is 7.48. The van der Waals surface area contributed by atoms with Crippen LogP contribution in [0.4, 0.5) is 13.2 Å². The van der Waals surface area contributed by atoms with Gasteiger partial charge in [0, 0.05) is 5.56 Å². The molecule has 0 amide bonds. The number of carbonyl (C=O) groups excluding carboxylic acids is 1. The van der Waals surface area contributed by atoms with E-state index in [0.717, 1.165) is 11.1 Å². The molecule has 6 nitrogen and oxygen atoms in total. The fourth-order valence-corrected chi connectivity index (χ4v) is 3.34. The molecule has 3 aromatic carbocycles. The van der Waals surface area contributed by atoms with Crippen molar-refractivity contribution in [3.05, 3.63) is 109 Å². The summed E-state index contributed by atoms with van der Waals surface area (Å²) in [4.78, 5) is 16.7. The summed E-state index contributed by atoms with van der Waals surface area (Å²) in [5.74, 6) is -0.281. The lowest BCUT2D eigenvalue weighted by molar-refractivity contribution is -0.274. The van der Waals surface area contributed by atoms with Gasteiger partial charge in [-0.15, -0.1) is 18.3 Å². The quantitative estimate of drug-likeness (QED) is 0.234. The third-order valence-corrected chi connectivity index (χ3v) is 4.99. The Hall–Kier alpha value is -4.40. The number of benzene rings is 3. The molecular formula is C26H20F3N3O3. The van der Waals surface area contributed by atoms with Crippen molar-refractivity contribution in [1.82, 2.24) is 14.8 Å². The zero-order valence-electron chi connectivity index (χ0n) is 18.4. The van der Waals surface area contributed by atoms with Crippen molar-refractivity contribution in [2.24, 2.45) is 0 Å². The molecule has 0 aliphatic carbocycles. The van der Waals surface area contributed by atoms with E-state index in [-0.39, 0.29) is 18.1 Å². The molecule has 1 atom stereocenters. The summed E-state index contributed by atoms with van der Waals surface area (Å²) in [7, 11) is 0. The number of carbonyl (C=O) groups is 1. The lowest BCUT2D eigenvalue weighted by Gasteiger charge is -2.14. The van der Waals surface area contributed by atoms with Gasteiger partial charge in [0.25, 0.3) is 0 Å². The zero-order valence-corrected chi connectivity index (χ0v) is 18.4. The van der Waals surface area contributed by atoms with E-state index in [1.807, 2.05) is 30.3 Å². The van der Waals surface area contributed by atoms with Crippen LogP contribution in [0, 0.1) is 0 Å². The van der Waals surface area contributed by atoms with Crippen LogP contribution in [0.5, 0.6) is 5.75 Å². The molecule has 178 valence electrons. The van der Waals surface area contributed by atoms with E-state index in [1.54, 1.807) is 30.3 Å². The summed E-state index contributed by atoms with van der Waals surface area (Å²) in [5, 5.41) is 4.37. The summed E-state index contributed by atoms with van der Waals surface area (Å²) < 4.78 is 47.8. The van der Waals surface area contributed by atoms with Gasteiger partial charge in [0.1, 0.15) is 18.2 Å². The highest BCUT2D eigenvalue weighted by Gasteiger charge is 2.31. The molecule has 1 unspecified atom stereocenters. The number of hydrogen-bond acceptors (Lipinski definition) is 5. The van der Waals surface area contributed by atoms with Crippen LogP contribution in [0.25, 0.3) is 17.1 Å². The number of alkyl halides is 3. The Morgan fingerprint density at radius 3 is 2.31 bits per heavy atom. The van der Waals surface area contributed by atoms with E-state index in [0.29, 0.717) is 17.1 Å². The minimum absolute atomic E-state index is 0.0890. The molecule has 0 fully saturated rings. The Bertz CT molecular complexity index is 1290. The van der Waals surface area contributed by atoms with Gasteiger partial charge in [-0.3, -0.25) is 4.79 Å². The van der Waals surface area contributed by atoms with E-state index in [9.17, 15) is 18.0 Å². The first-order valence-electron chi connectivity index (χ1n) is 10.5. The third-order valence-electron chi connectivity index (χ3n) is 4.99. The Morgan fingerprint density at radius 1 is 1.00 bits per heavy atom. The van der Waals surface area contributed by atoms with Gasteiger partial charge in [0.05, 0.1) is 12.1 Å². The monoisotopic (exact) mass is 479 g/mol. The van der Waals surface area contributed by atoms with Crippen LogP contribution in [-0.2, 0) is 16.0 Å². The van der Waals surface area contributed by atoms with Crippen LogP contribution >= 0.6 is 0 Å². The van der Waals surface area contributed by atoms with Crippen LogP contribution in [-0.4, -0.2) is 27.1 Å². The summed E-state index contributed by atoms with van der Waals surface area (Å²) in [6.07, 6.45) is -2.15. The number of ether oxygens (including phenoxy) is 2. The Kier molecular flexibility index (Phi) is 6.96. The van der Waals surface area contributed by atoms with Crippen molar-refractivity contribution in [1.29, 1.82) is 0 Å². The SMILES string of the molecule is C=CC(OC(=O)Cc1ccc(-c2ncn(-c3ccc(OC(F)(F)F)cc3)n2)cc1)c1ccccc1. The normalized spacial score (nSPS) is 12.1. The highest BCUT2D eigenvalue weighted by molar-refractivity contribution is 5.73. The number of aromatic nitrogens is 3. The minimum Gasteiger partial charge on any atom is -0.453 e. The zero-order chi connectivity index (χ0) is 24.8. The number of halogens is 3. The Balaban J connectivity index is 1.38. The van der Waals surface area contributed by atoms with Crippen molar-refractivity contribution < 1.29 is 27.4 Å². The van der Waals surface area contributed by atoms with E-state index in [1.165, 1.54) is 35.3 Å². The maximum atomic E-state index is 12.4. The van der Waals surface area contributed by atoms with Gasteiger partial charge in [0.2, 0.25) is 0 Å². The molecule has 4 aromatic rings. The molecule has 1 aromatic heterocycles. The standard InChI is InChI=1S/C26H20F3N3O3/c1-2-23(19-6-4-3-5-7-19)34-24(33)16-18-8-10-20(11-9-18)25-30-17-32(31-25)21-12-14-22(15-13-21)35-26(27,28)29/h2-15,17,23H,1,16H2. The van der Waals surface area contributed by atoms with Gasteiger partial charge in [-0.2, -0.15) is 0 Å². The molecule has 0 spiro atoms. The lowest BCUT2D eigenvalue weighted by atomic mass is 10.1. The number of esters is 1.